The van der Waals surface area contributed by atoms with Crippen LogP contribution in [0, 0.1) is 0 Å². The SMILES string of the molecule is CSc1cc2c(cc1C(F)(F)F)N(C(=O)Nc1cccc(C(=O)NCc3ccccn3)c1)CC2. The minimum Gasteiger partial charge on any atom is -0.346 e. The highest BCUT2D eigenvalue weighted by Gasteiger charge is 2.36. The van der Waals surface area contributed by atoms with E-state index in [1.165, 1.54) is 17.0 Å². The highest BCUT2D eigenvalue weighted by Crippen LogP contribution is 2.42. The number of halogens is 3. The Morgan fingerprint density at radius 2 is 1.94 bits per heavy atom. The van der Waals surface area contributed by atoms with E-state index in [9.17, 15) is 22.8 Å². The van der Waals surface area contributed by atoms with Crippen molar-refractivity contribution in [3.05, 3.63) is 83.2 Å². The molecular formula is C24H21F3N4O2S. The van der Waals surface area contributed by atoms with E-state index in [0.717, 1.165) is 17.8 Å². The predicted octanol–water partition coefficient (Wildman–Crippen LogP) is 5.35. The van der Waals surface area contributed by atoms with Gasteiger partial charge in [-0.1, -0.05) is 12.1 Å². The zero-order chi connectivity index (χ0) is 24.3. The van der Waals surface area contributed by atoms with Crippen LogP contribution < -0.4 is 15.5 Å². The number of thioether (sulfide) groups is 1. The summed E-state index contributed by atoms with van der Waals surface area (Å²) in [5.74, 6) is -0.340. The van der Waals surface area contributed by atoms with Crippen LogP contribution in [0.15, 0.2) is 65.7 Å². The summed E-state index contributed by atoms with van der Waals surface area (Å²) in [6.45, 7) is 0.515. The summed E-state index contributed by atoms with van der Waals surface area (Å²) < 4.78 is 40.5. The first-order valence-electron chi connectivity index (χ1n) is 10.4. The van der Waals surface area contributed by atoms with Gasteiger partial charge in [0.2, 0.25) is 0 Å². The summed E-state index contributed by atoms with van der Waals surface area (Å²) >= 11 is 1.03. The number of hydrogen-bond donors (Lipinski definition) is 2. The molecule has 34 heavy (non-hydrogen) atoms. The van der Waals surface area contributed by atoms with Crippen LogP contribution in [-0.2, 0) is 19.1 Å². The summed E-state index contributed by atoms with van der Waals surface area (Å²) in [5, 5.41) is 5.45. The number of carbonyl (C=O) groups is 2. The average molecular weight is 487 g/mol. The standard InChI is InChI=1S/C24H21F3N4O2S/c1-34-21-12-15-8-10-31(20(15)13-19(21)24(25,26)27)23(33)30-17-7-4-5-16(11-17)22(32)29-14-18-6-2-3-9-28-18/h2-7,9,11-13H,8,10,14H2,1H3,(H,29,32)(H,30,33). The van der Waals surface area contributed by atoms with E-state index in [2.05, 4.69) is 15.6 Å². The first-order chi connectivity index (χ1) is 16.3. The maximum atomic E-state index is 13.5. The fraction of sp³-hybridized carbons (Fsp3) is 0.208. The molecule has 0 bridgehead atoms. The molecule has 0 aliphatic carbocycles. The molecule has 0 atom stereocenters. The Labute approximate surface area is 198 Å². The Balaban J connectivity index is 1.48. The van der Waals surface area contributed by atoms with Gasteiger partial charge >= 0.3 is 12.2 Å². The number of urea groups is 1. The third-order valence-corrected chi connectivity index (χ3v) is 6.16. The van der Waals surface area contributed by atoms with Crippen LogP contribution in [0.25, 0.3) is 0 Å². The number of nitrogens with zero attached hydrogens (tertiary/aromatic N) is 2. The number of carbonyl (C=O) groups excluding carboxylic acids is 2. The van der Waals surface area contributed by atoms with Crippen molar-refractivity contribution < 1.29 is 22.8 Å². The maximum Gasteiger partial charge on any atom is 0.417 e. The summed E-state index contributed by atoms with van der Waals surface area (Å²) in [6.07, 6.45) is -0.830. The lowest BCUT2D eigenvalue weighted by atomic mass is 10.1. The third-order valence-electron chi connectivity index (χ3n) is 5.38. The van der Waals surface area contributed by atoms with Crippen molar-refractivity contribution in [2.45, 2.75) is 24.0 Å². The summed E-state index contributed by atoms with van der Waals surface area (Å²) in [7, 11) is 0. The Kier molecular flexibility index (Phi) is 6.78. The van der Waals surface area contributed by atoms with Crippen LogP contribution in [-0.4, -0.2) is 29.7 Å². The molecule has 0 fully saturated rings. The van der Waals surface area contributed by atoms with Crippen molar-refractivity contribution in [1.29, 1.82) is 0 Å². The van der Waals surface area contributed by atoms with Gasteiger partial charge in [0.15, 0.2) is 0 Å². The van der Waals surface area contributed by atoms with Crippen molar-refractivity contribution >= 4 is 35.1 Å². The monoisotopic (exact) mass is 486 g/mol. The van der Waals surface area contributed by atoms with Gasteiger partial charge in [-0.25, -0.2) is 4.79 Å². The number of aromatic nitrogens is 1. The zero-order valence-corrected chi connectivity index (χ0v) is 19.0. The van der Waals surface area contributed by atoms with Crippen molar-refractivity contribution in [2.24, 2.45) is 0 Å². The Morgan fingerprint density at radius 3 is 2.65 bits per heavy atom. The number of pyridine rings is 1. The van der Waals surface area contributed by atoms with Crippen molar-refractivity contribution in [1.82, 2.24) is 10.3 Å². The molecule has 0 saturated carbocycles. The van der Waals surface area contributed by atoms with E-state index in [-0.39, 0.29) is 29.6 Å². The average Bonchev–Trinajstić information content (AvgIpc) is 3.25. The molecule has 2 aromatic carbocycles. The molecule has 0 spiro atoms. The molecule has 1 aliphatic rings. The summed E-state index contributed by atoms with van der Waals surface area (Å²) in [5.41, 5.74) is 1.57. The number of amides is 3. The van der Waals surface area contributed by atoms with Crippen molar-refractivity contribution in [2.75, 3.05) is 23.0 Å². The highest BCUT2D eigenvalue weighted by atomic mass is 32.2. The van der Waals surface area contributed by atoms with Gasteiger partial charge in [0.1, 0.15) is 0 Å². The molecule has 2 N–H and O–H groups in total. The minimum atomic E-state index is -4.52. The van der Waals surface area contributed by atoms with Crippen molar-refractivity contribution in [3.8, 4) is 0 Å². The molecule has 0 saturated heterocycles. The van der Waals surface area contributed by atoms with Gasteiger partial charge in [0, 0.05) is 34.6 Å². The topological polar surface area (TPSA) is 74.3 Å². The van der Waals surface area contributed by atoms with Gasteiger partial charge < -0.3 is 10.6 Å². The van der Waals surface area contributed by atoms with E-state index >= 15 is 0 Å². The second-order valence-electron chi connectivity index (χ2n) is 7.60. The lowest BCUT2D eigenvalue weighted by molar-refractivity contribution is -0.139. The molecule has 1 aromatic heterocycles. The number of nitrogens with one attached hydrogen (secondary N) is 2. The van der Waals surface area contributed by atoms with Crippen LogP contribution in [0.1, 0.15) is 27.2 Å². The first-order valence-corrected chi connectivity index (χ1v) is 11.6. The van der Waals surface area contributed by atoms with Gasteiger partial charge in [0.05, 0.1) is 17.8 Å². The molecule has 10 heteroatoms. The van der Waals surface area contributed by atoms with E-state index < -0.39 is 17.8 Å². The lowest BCUT2D eigenvalue weighted by Crippen LogP contribution is -2.33. The quantitative estimate of drug-likeness (QED) is 0.477. The summed E-state index contributed by atoms with van der Waals surface area (Å²) in [6, 6.07) is 13.7. The number of hydrogen-bond acceptors (Lipinski definition) is 4. The molecule has 6 nitrogen and oxygen atoms in total. The van der Waals surface area contributed by atoms with Gasteiger partial charge in [-0.05, 0) is 60.7 Å². The molecular weight excluding hydrogens is 465 g/mol. The normalized spacial score (nSPS) is 12.9. The molecule has 2 heterocycles. The molecule has 176 valence electrons. The molecule has 0 radical (unpaired) electrons. The van der Waals surface area contributed by atoms with Gasteiger partial charge in [0.25, 0.3) is 5.91 Å². The van der Waals surface area contributed by atoms with E-state index in [1.807, 2.05) is 6.07 Å². The first kappa shape index (κ1) is 23.6. The predicted molar refractivity (Wildman–Crippen MR) is 125 cm³/mol. The number of anilines is 2. The number of benzene rings is 2. The Bertz CT molecular complexity index is 1220. The third kappa shape index (κ3) is 5.17. The zero-order valence-electron chi connectivity index (χ0n) is 18.1. The van der Waals surface area contributed by atoms with Crippen LogP contribution in [0.5, 0.6) is 0 Å². The molecule has 3 aromatic rings. The molecule has 1 aliphatic heterocycles. The number of fused-ring (bicyclic) bond motifs is 1. The molecule has 4 rings (SSSR count). The van der Waals surface area contributed by atoms with Crippen LogP contribution in [0.2, 0.25) is 0 Å². The summed E-state index contributed by atoms with van der Waals surface area (Å²) in [4.78, 5) is 31.0. The second-order valence-corrected chi connectivity index (χ2v) is 8.44. The largest absolute Gasteiger partial charge is 0.417 e. The fourth-order valence-electron chi connectivity index (χ4n) is 3.72. The van der Waals surface area contributed by atoms with Crippen LogP contribution in [0.3, 0.4) is 0 Å². The van der Waals surface area contributed by atoms with E-state index in [4.69, 9.17) is 0 Å². The van der Waals surface area contributed by atoms with Gasteiger partial charge in [-0.15, -0.1) is 11.8 Å². The van der Waals surface area contributed by atoms with Crippen LogP contribution in [0.4, 0.5) is 29.3 Å². The van der Waals surface area contributed by atoms with E-state index in [1.54, 1.807) is 42.8 Å². The smallest absolute Gasteiger partial charge is 0.346 e. The van der Waals surface area contributed by atoms with Crippen molar-refractivity contribution in [3.63, 3.8) is 0 Å². The molecule has 3 amide bonds. The van der Waals surface area contributed by atoms with E-state index in [0.29, 0.717) is 28.9 Å². The highest BCUT2D eigenvalue weighted by molar-refractivity contribution is 7.98. The lowest BCUT2D eigenvalue weighted by Gasteiger charge is -2.20. The number of alkyl halides is 3. The van der Waals surface area contributed by atoms with Crippen LogP contribution >= 0.6 is 11.8 Å². The van der Waals surface area contributed by atoms with Gasteiger partial charge in [-0.3, -0.25) is 14.7 Å². The second kappa shape index (κ2) is 9.76. The Morgan fingerprint density at radius 1 is 1.12 bits per heavy atom. The molecule has 0 unspecified atom stereocenters. The minimum absolute atomic E-state index is 0.137. The number of rotatable bonds is 5. The maximum absolute atomic E-state index is 13.5. The van der Waals surface area contributed by atoms with Gasteiger partial charge in [-0.2, -0.15) is 13.2 Å². The fourth-order valence-corrected chi connectivity index (χ4v) is 4.38. The Hall–Kier alpha value is -3.53.